The van der Waals surface area contributed by atoms with E-state index >= 15 is 0 Å². The van der Waals surface area contributed by atoms with Crippen LogP contribution in [0.5, 0.6) is 11.5 Å². The van der Waals surface area contributed by atoms with E-state index in [1.807, 2.05) is 30.3 Å². The van der Waals surface area contributed by atoms with E-state index in [9.17, 15) is 5.11 Å². The zero-order chi connectivity index (χ0) is 18.5. The number of benzene rings is 2. The SMILES string of the molecule is CCC[N+](CCC)=c1cc(-c2ccc(OC)cc2)oc2ccc(O)cc12. The normalized spacial score (nSPS) is 10.9. The molecule has 0 aliphatic heterocycles. The van der Waals surface area contributed by atoms with Crippen LogP contribution >= 0.6 is 0 Å². The summed E-state index contributed by atoms with van der Waals surface area (Å²) in [5, 5.41) is 12.0. The Morgan fingerprint density at radius 1 is 0.962 bits per heavy atom. The molecule has 0 aliphatic carbocycles. The van der Waals surface area contributed by atoms with Crippen molar-refractivity contribution in [2.45, 2.75) is 26.7 Å². The molecule has 0 spiro atoms. The van der Waals surface area contributed by atoms with Crippen molar-refractivity contribution in [2.75, 3.05) is 20.2 Å². The van der Waals surface area contributed by atoms with Crippen LogP contribution in [0.3, 0.4) is 0 Å². The number of phenolic OH excluding ortho intramolecular Hbond substituents is 1. The molecule has 136 valence electrons. The van der Waals surface area contributed by atoms with E-state index in [4.69, 9.17) is 9.15 Å². The fourth-order valence-corrected chi connectivity index (χ4v) is 3.21. The lowest BCUT2D eigenvalue weighted by Crippen LogP contribution is -2.32. The van der Waals surface area contributed by atoms with Crippen LogP contribution in [0.1, 0.15) is 26.7 Å². The van der Waals surface area contributed by atoms with Gasteiger partial charge in [-0.3, -0.25) is 0 Å². The minimum absolute atomic E-state index is 0.249. The summed E-state index contributed by atoms with van der Waals surface area (Å²) in [4.78, 5) is 0. The number of ether oxygens (including phenoxy) is 1. The van der Waals surface area contributed by atoms with Gasteiger partial charge >= 0.3 is 0 Å². The van der Waals surface area contributed by atoms with Crippen LogP contribution in [0.2, 0.25) is 0 Å². The van der Waals surface area contributed by atoms with Crippen molar-refractivity contribution in [2.24, 2.45) is 0 Å². The molecule has 3 aromatic rings. The second-order valence-corrected chi connectivity index (χ2v) is 6.39. The van der Waals surface area contributed by atoms with Crippen LogP contribution in [0.4, 0.5) is 0 Å². The van der Waals surface area contributed by atoms with Crippen molar-refractivity contribution < 1.29 is 14.3 Å². The van der Waals surface area contributed by atoms with Crippen molar-refractivity contribution in [3.05, 3.63) is 53.9 Å². The highest BCUT2D eigenvalue weighted by atomic mass is 16.5. The van der Waals surface area contributed by atoms with Crippen molar-refractivity contribution >= 4 is 11.0 Å². The van der Waals surface area contributed by atoms with Gasteiger partial charge < -0.3 is 14.3 Å². The van der Waals surface area contributed by atoms with Gasteiger partial charge in [0.15, 0.2) is 0 Å². The third-order valence-corrected chi connectivity index (χ3v) is 4.43. The first-order valence-electron chi connectivity index (χ1n) is 9.15. The number of hydrogen-bond donors (Lipinski definition) is 1. The minimum atomic E-state index is 0.249. The summed E-state index contributed by atoms with van der Waals surface area (Å²) in [6, 6.07) is 15.2. The number of fused-ring (bicyclic) bond motifs is 1. The smallest absolute Gasteiger partial charge is 0.214 e. The first-order chi connectivity index (χ1) is 12.7. The minimum Gasteiger partial charge on any atom is -0.508 e. The molecule has 4 nitrogen and oxygen atoms in total. The topological polar surface area (TPSA) is 45.6 Å². The summed E-state index contributed by atoms with van der Waals surface area (Å²) in [7, 11) is 1.66. The zero-order valence-electron chi connectivity index (χ0n) is 15.7. The maximum Gasteiger partial charge on any atom is 0.214 e. The van der Waals surface area contributed by atoms with Gasteiger partial charge in [0.05, 0.1) is 18.6 Å². The molecule has 0 aliphatic rings. The van der Waals surface area contributed by atoms with Crippen LogP contribution in [-0.2, 0) is 0 Å². The molecule has 0 atom stereocenters. The third kappa shape index (κ3) is 3.74. The quantitative estimate of drug-likeness (QED) is 0.669. The lowest BCUT2D eigenvalue weighted by atomic mass is 10.1. The summed E-state index contributed by atoms with van der Waals surface area (Å²) in [6.45, 7) is 6.29. The third-order valence-electron chi connectivity index (χ3n) is 4.43. The molecular weight excluding hydrogens is 326 g/mol. The average molecular weight is 352 g/mol. The zero-order valence-corrected chi connectivity index (χ0v) is 15.7. The van der Waals surface area contributed by atoms with Crippen molar-refractivity contribution in [1.29, 1.82) is 0 Å². The second-order valence-electron chi connectivity index (χ2n) is 6.39. The molecule has 0 radical (unpaired) electrons. The Kier molecular flexibility index (Phi) is 5.61. The molecule has 0 bridgehead atoms. The molecular formula is C22H26NO3+. The molecule has 1 N–H and O–H groups in total. The summed E-state index contributed by atoms with van der Waals surface area (Å²) in [5.41, 5.74) is 1.76. The number of nitrogens with zero attached hydrogens (tertiary/aromatic N) is 1. The Labute approximate surface area is 154 Å². The van der Waals surface area contributed by atoms with E-state index in [1.54, 1.807) is 19.2 Å². The number of phenols is 1. The van der Waals surface area contributed by atoms with Crippen molar-refractivity contribution in [1.82, 2.24) is 4.58 Å². The lowest BCUT2D eigenvalue weighted by molar-refractivity contribution is 0.415. The number of aromatic hydroxyl groups is 1. The number of methoxy groups -OCH3 is 1. The monoisotopic (exact) mass is 352 g/mol. The largest absolute Gasteiger partial charge is 0.508 e. The predicted molar refractivity (Wildman–Crippen MR) is 105 cm³/mol. The summed E-state index contributed by atoms with van der Waals surface area (Å²) < 4.78 is 13.8. The Morgan fingerprint density at radius 3 is 2.27 bits per heavy atom. The van der Waals surface area contributed by atoms with Crippen LogP contribution in [0.15, 0.2) is 52.9 Å². The van der Waals surface area contributed by atoms with Gasteiger partial charge in [-0.1, -0.05) is 13.8 Å². The fourth-order valence-electron chi connectivity index (χ4n) is 3.21. The fraction of sp³-hybridized carbons (Fsp3) is 0.318. The highest BCUT2D eigenvalue weighted by Gasteiger charge is 2.13. The van der Waals surface area contributed by atoms with E-state index in [0.29, 0.717) is 0 Å². The van der Waals surface area contributed by atoms with E-state index in [0.717, 1.165) is 59.3 Å². The summed E-state index contributed by atoms with van der Waals surface area (Å²) >= 11 is 0. The van der Waals surface area contributed by atoms with E-state index < -0.39 is 0 Å². The van der Waals surface area contributed by atoms with Gasteiger partial charge in [0, 0.05) is 18.4 Å². The van der Waals surface area contributed by atoms with Crippen molar-refractivity contribution in [3.63, 3.8) is 0 Å². The molecule has 3 rings (SSSR count). The maximum absolute atomic E-state index is 9.97. The van der Waals surface area contributed by atoms with Crippen LogP contribution < -0.4 is 14.7 Å². The van der Waals surface area contributed by atoms with Gasteiger partial charge in [0.2, 0.25) is 5.36 Å². The molecule has 1 aromatic heterocycles. The van der Waals surface area contributed by atoms with E-state index in [2.05, 4.69) is 24.5 Å². The van der Waals surface area contributed by atoms with Gasteiger partial charge in [-0.05, 0) is 42.5 Å². The van der Waals surface area contributed by atoms with Gasteiger partial charge in [0.1, 0.15) is 35.9 Å². The second kappa shape index (κ2) is 8.09. The molecule has 0 unspecified atom stereocenters. The lowest BCUT2D eigenvalue weighted by Gasteiger charge is -2.08. The Hall–Kier alpha value is -2.75. The van der Waals surface area contributed by atoms with Gasteiger partial charge in [-0.15, -0.1) is 0 Å². The van der Waals surface area contributed by atoms with Gasteiger partial charge in [-0.25, -0.2) is 4.58 Å². The molecule has 0 saturated heterocycles. The first kappa shape index (κ1) is 18.1. The Bertz CT molecular complexity index is 947. The Balaban J connectivity index is 2.29. The number of hydrogen-bond acceptors (Lipinski definition) is 3. The molecule has 2 aromatic carbocycles. The highest BCUT2D eigenvalue weighted by Crippen LogP contribution is 2.25. The predicted octanol–water partition coefficient (Wildman–Crippen LogP) is 4.41. The highest BCUT2D eigenvalue weighted by molar-refractivity contribution is 5.80. The molecule has 1 heterocycles. The standard InChI is InChI=1S/C22H25NO3/c1-4-12-23(13-5-2)20-15-22(16-6-9-18(25-3)10-7-16)26-21-11-8-17(24)14-19(20)21/h6-11,14-15H,4-5,12-13H2,1-3H3/p+1. The number of rotatable bonds is 6. The molecule has 26 heavy (non-hydrogen) atoms. The van der Waals surface area contributed by atoms with E-state index in [1.165, 1.54) is 0 Å². The molecule has 0 saturated carbocycles. The average Bonchev–Trinajstić information content (AvgIpc) is 2.67. The van der Waals surface area contributed by atoms with Gasteiger partial charge in [0.25, 0.3) is 0 Å². The molecule has 4 heteroatoms. The molecule has 0 fully saturated rings. The summed E-state index contributed by atoms with van der Waals surface area (Å²) in [6.07, 6.45) is 2.12. The first-order valence-corrected chi connectivity index (χ1v) is 9.15. The summed E-state index contributed by atoms with van der Waals surface area (Å²) in [5.74, 6) is 1.87. The maximum atomic E-state index is 9.97. The van der Waals surface area contributed by atoms with Gasteiger partial charge in [-0.2, -0.15) is 0 Å². The van der Waals surface area contributed by atoms with E-state index in [-0.39, 0.29) is 5.75 Å². The van der Waals surface area contributed by atoms with Crippen LogP contribution in [-0.4, -0.2) is 25.3 Å². The molecule has 0 amide bonds. The Morgan fingerprint density at radius 2 is 1.65 bits per heavy atom. The van der Waals surface area contributed by atoms with Crippen LogP contribution in [0, 0.1) is 0 Å². The van der Waals surface area contributed by atoms with Crippen molar-refractivity contribution in [3.8, 4) is 22.8 Å². The van der Waals surface area contributed by atoms with Crippen LogP contribution in [0.25, 0.3) is 22.3 Å².